The summed E-state index contributed by atoms with van der Waals surface area (Å²) >= 11 is 4.53. The zero-order valence-electron chi connectivity index (χ0n) is 8.77. The van der Waals surface area contributed by atoms with Gasteiger partial charge in [-0.2, -0.15) is 0 Å². The van der Waals surface area contributed by atoms with Gasteiger partial charge in [-0.3, -0.25) is 4.79 Å². The highest BCUT2D eigenvalue weighted by molar-refractivity contribution is 9.10. The Balaban J connectivity index is 1.81. The van der Waals surface area contributed by atoms with E-state index in [-0.39, 0.29) is 11.7 Å². The lowest BCUT2D eigenvalue weighted by atomic mass is 10.3. The minimum Gasteiger partial charge on any atom is -0.444 e. The number of nitrogens with zero attached hydrogens (tertiary/aromatic N) is 1. The number of anilines is 1. The summed E-state index contributed by atoms with van der Waals surface area (Å²) in [6.07, 6.45) is 0.654. The molecule has 0 saturated heterocycles. The van der Waals surface area contributed by atoms with Crippen molar-refractivity contribution in [3.05, 3.63) is 33.6 Å². The van der Waals surface area contributed by atoms with Gasteiger partial charge in [-0.05, 0) is 28.1 Å². The second kappa shape index (κ2) is 5.33. The van der Waals surface area contributed by atoms with Crippen molar-refractivity contribution in [1.82, 2.24) is 10.3 Å². The van der Waals surface area contributed by atoms with Crippen LogP contribution in [-0.2, 0) is 6.42 Å². The van der Waals surface area contributed by atoms with E-state index < -0.39 is 0 Å². The molecule has 0 aliphatic heterocycles. The van der Waals surface area contributed by atoms with E-state index in [4.69, 9.17) is 10.2 Å². The van der Waals surface area contributed by atoms with Crippen molar-refractivity contribution in [2.24, 2.45) is 0 Å². The van der Waals surface area contributed by atoms with Crippen LogP contribution in [0.3, 0.4) is 0 Å². The lowest BCUT2D eigenvalue weighted by molar-refractivity contribution is 0.0925. The molecule has 0 unspecified atom stereocenters. The van der Waals surface area contributed by atoms with Crippen molar-refractivity contribution in [2.45, 2.75) is 6.42 Å². The van der Waals surface area contributed by atoms with E-state index >= 15 is 0 Å². The first kappa shape index (κ1) is 12.1. The van der Waals surface area contributed by atoms with Gasteiger partial charge in [0.25, 0.3) is 5.91 Å². The van der Waals surface area contributed by atoms with Crippen LogP contribution < -0.4 is 11.1 Å². The molecule has 2 heterocycles. The van der Waals surface area contributed by atoms with Crippen LogP contribution in [0, 0.1) is 0 Å². The smallest absolute Gasteiger partial charge is 0.287 e. The summed E-state index contributed by atoms with van der Waals surface area (Å²) in [5.41, 5.74) is 6.39. The van der Waals surface area contributed by atoms with Crippen LogP contribution in [0.5, 0.6) is 0 Å². The Morgan fingerprint density at radius 3 is 3.00 bits per heavy atom. The van der Waals surface area contributed by atoms with Gasteiger partial charge in [-0.25, -0.2) is 4.98 Å². The second-order valence-electron chi connectivity index (χ2n) is 3.29. The van der Waals surface area contributed by atoms with Crippen molar-refractivity contribution in [2.75, 3.05) is 12.3 Å². The van der Waals surface area contributed by atoms with Crippen LogP contribution in [0.15, 0.2) is 26.6 Å². The lowest BCUT2D eigenvalue weighted by Crippen LogP contribution is -2.25. The molecule has 0 spiro atoms. The molecule has 1 amide bonds. The van der Waals surface area contributed by atoms with Gasteiger partial charge in [0, 0.05) is 18.3 Å². The van der Waals surface area contributed by atoms with Gasteiger partial charge in [0.1, 0.15) is 0 Å². The fourth-order valence-electron chi connectivity index (χ4n) is 1.27. The van der Waals surface area contributed by atoms with Crippen molar-refractivity contribution in [3.63, 3.8) is 0 Å². The molecule has 0 radical (unpaired) electrons. The van der Waals surface area contributed by atoms with Gasteiger partial charge >= 0.3 is 0 Å². The molecular formula is C10H10BrN3O2S. The number of amides is 1. The molecule has 2 aromatic rings. The maximum absolute atomic E-state index is 11.6. The summed E-state index contributed by atoms with van der Waals surface area (Å²) in [5.74, 6) is 0.0496. The third-order valence-corrected chi connectivity index (χ3v) is 3.18. The molecule has 0 fully saturated rings. The monoisotopic (exact) mass is 315 g/mol. The quantitative estimate of drug-likeness (QED) is 0.904. The molecule has 17 heavy (non-hydrogen) atoms. The minimum atomic E-state index is -0.237. The van der Waals surface area contributed by atoms with Crippen molar-refractivity contribution < 1.29 is 9.21 Å². The van der Waals surface area contributed by atoms with E-state index in [1.54, 1.807) is 12.1 Å². The molecule has 7 heteroatoms. The number of carbonyl (C=O) groups excluding carboxylic acids is 1. The van der Waals surface area contributed by atoms with Crippen LogP contribution in [0.25, 0.3) is 0 Å². The van der Waals surface area contributed by atoms with E-state index in [2.05, 4.69) is 26.2 Å². The van der Waals surface area contributed by atoms with E-state index in [9.17, 15) is 4.79 Å². The van der Waals surface area contributed by atoms with Gasteiger partial charge in [0.05, 0.1) is 5.69 Å². The Hall–Kier alpha value is -1.34. The number of nitrogens with one attached hydrogen (secondary N) is 1. The van der Waals surface area contributed by atoms with E-state index in [1.807, 2.05) is 5.38 Å². The van der Waals surface area contributed by atoms with Gasteiger partial charge in [0.15, 0.2) is 15.6 Å². The maximum Gasteiger partial charge on any atom is 0.287 e. The summed E-state index contributed by atoms with van der Waals surface area (Å²) in [6.45, 7) is 0.500. The first-order chi connectivity index (χ1) is 8.15. The number of nitrogen functional groups attached to an aromatic ring is 1. The number of halogens is 1. The molecule has 0 atom stereocenters. The number of thiazole rings is 1. The zero-order chi connectivity index (χ0) is 12.3. The van der Waals surface area contributed by atoms with Gasteiger partial charge < -0.3 is 15.5 Å². The topological polar surface area (TPSA) is 81.1 Å². The Bertz CT molecular complexity index is 523. The molecule has 0 saturated carbocycles. The minimum absolute atomic E-state index is 0.237. The van der Waals surface area contributed by atoms with Crippen molar-refractivity contribution in [1.29, 1.82) is 0 Å². The van der Waals surface area contributed by atoms with E-state index in [1.165, 1.54) is 11.3 Å². The fourth-order valence-corrected chi connectivity index (χ4v) is 2.17. The maximum atomic E-state index is 11.6. The molecule has 2 rings (SSSR count). The summed E-state index contributed by atoms with van der Waals surface area (Å²) < 4.78 is 5.66. The summed E-state index contributed by atoms with van der Waals surface area (Å²) in [4.78, 5) is 15.7. The van der Waals surface area contributed by atoms with Crippen LogP contribution in [0.2, 0.25) is 0 Å². The number of hydrogen-bond donors (Lipinski definition) is 2. The van der Waals surface area contributed by atoms with E-state index in [0.29, 0.717) is 22.8 Å². The van der Waals surface area contributed by atoms with E-state index in [0.717, 1.165) is 5.69 Å². The average molecular weight is 316 g/mol. The molecule has 0 aromatic carbocycles. The standard InChI is InChI=1S/C10H10BrN3O2S/c11-8-2-1-7(16-8)9(15)13-4-3-6-5-17-10(12)14-6/h1-2,5H,3-4H2,(H2,12,14)(H,13,15). The average Bonchev–Trinajstić information content (AvgIpc) is 2.88. The first-order valence-electron chi connectivity index (χ1n) is 4.88. The normalized spacial score (nSPS) is 10.4. The Kier molecular flexibility index (Phi) is 3.80. The molecule has 0 aliphatic carbocycles. The highest BCUT2D eigenvalue weighted by atomic mass is 79.9. The van der Waals surface area contributed by atoms with Crippen LogP contribution >= 0.6 is 27.3 Å². The van der Waals surface area contributed by atoms with Crippen molar-refractivity contribution >= 4 is 38.3 Å². The number of hydrogen-bond acceptors (Lipinski definition) is 5. The Labute approximate surface area is 110 Å². The molecule has 3 N–H and O–H groups in total. The van der Waals surface area contributed by atoms with Crippen molar-refractivity contribution in [3.8, 4) is 0 Å². The highest BCUT2D eigenvalue weighted by Gasteiger charge is 2.09. The SMILES string of the molecule is Nc1nc(CCNC(=O)c2ccc(Br)o2)cs1. The number of nitrogens with two attached hydrogens (primary N) is 1. The molecule has 2 aromatic heterocycles. The number of furan rings is 1. The fraction of sp³-hybridized carbons (Fsp3) is 0.200. The molecule has 0 aliphatic rings. The second-order valence-corrected chi connectivity index (χ2v) is 4.96. The van der Waals surface area contributed by atoms with Gasteiger partial charge in [-0.15, -0.1) is 11.3 Å². The summed E-state index contributed by atoms with van der Waals surface area (Å²) in [7, 11) is 0. The summed E-state index contributed by atoms with van der Waals surface area (Å²) in [5, 5.41) is 5.16. The third-order valence-electron chi connectivity index (χ3n) is 2.03. The van der Waals surface area contributed by atoms with Gasteiger partial charge in [0.2, 0.25) is 0 Å². The largest absolute Gasteiger partial charge is 0.444 e. The van der Waals surface area contributed by atoms with Crippen LogP contribution in [-0.4, -0.2) is 17.4 Å². The van der Waals surface area contributed by atoms with Gasteiger partial charge in [-0.1, -0.05) is 0 Å². The lowest BCUT2D eigenvalue weighted by Gasteiger charge is -2.00. The molecular weight excluding hydrogens is 306 g/mol. The Morgan fingerprint density at radius 2 is 2.41 bits per heavy atom. The predicted molar refractivity (Wildman–Crippen MR) is 69.0 cm³/mol. The Morgan fingerprint density at radius 1 is 1.59 bits per heavy atom. The first-order valence-corrected chi connectivity index (χ1v) is 6.56. The predicted octanol–water partition coefficient (Wildman–Crippen LogP) is 2.05. The zero-order valence-corrected chi connectivity index (χ0v) is 11.2. The van der Waals surface area contributed by atoms with Crippen LogP contribution in [0.1, 0.15) is 16.2 Å². The molecule has 5 nitrogen and oxygen atoms in total. The number of carbonyl (C=O) groups is 1. The highest BCUT2D eigenvalue weighted by Crippen LogP contribution is 2.14. The molecule has 0 bridgehead atoms. The van der Waals surface area contributed by atoms with Crippen LogP contribution in [0.4, 0.5) is 5.13 Å². The molecule has 90 valence electrons. The number of aromatic nitrogens is 1. The third kappa shape index (κ3) is 3.31. The number of rotatable bonds is 4. The summed E-state index contributed by atoms with van der Waals surface area (Å²) in [6, 6.07) is 3.29.